The highest BCUT2D eigenvalue weighted by atomic mass is 32.1. The largest absolute Gasteiger partial charge is 0.444 e. The molecule has 1 amide bonds. The van der Waals surface area contributed by atoms with Crippen LogP contribution >= 0.6 is 12.6 Å². The summed E-state index contributed by atoms with van der Waals surface area (Å²) < 4.78 is 5.27. The third kappa shape index (κ3) is 3.57. The Morgan fingerprint density at radius 3 is 2.53 bits per heavy atom. The van der Waals surface area contributed by atoms with Crippen molar-refractivity contribution in [3.63, 3.8) is 0 Å². The van der Waals surface area contributed by atoms with Crippen LogP contribution in [-0.4, -0.2) is 41.5 Å². The van der Waals surface area contributed by atoms with Gasteiger partial charge < -0.3 is 15.4 Å². The van der Waals surface area contributed by atoms with Crippen molar-refractivity contribution in [3.8, 4) is 0 Å². The van der Waals surface area contributed by atoms with Gasteiger partial charge in [-0.3, -0.25) is 0 Å². The zero-order valence-corrected chi connectivity index (χ0v) is 10.5. The molecule has 0 aromatic rings. The number of thiol groups is 1. The van der Waals surface area contributed by atoms with Gasteiger partial charge >= 0.3 is 6.09 Å². The molecule has 0 bridgehead atoms. The molecular weight excluding hydrogens is 212 g/mol. The Bertz CT molecular complexity index is 240. The van der Waals surface area contributed by atoms with E-state index in [1.54, 1.807) is 4.90 Å². The normalized spacial score (nSPS) is 26.9. The lowest BCUT2D eigenvalue weighted by molar-refractivity contribution is 0.0288. The zero-order valence-electron chi connectivity index (χ0n) is 9.56. The number of ether oxygens (including phenoxy) is 1. The second kappa shape index (κ2) is 4.61. The van der Waals surface area contributed by atoms with Crippen LogP contribution in [0.25, 0.3) is 0 Å². The van der Waals surface area contributed by atoms with Crippen LogP contribution in [0.1, 0.15) is 20.8 Å². The molecule has 2 N–H and O–H groups in total. The minimum atomic E-state index is -0.444. The van der Waals surface area contributed by atoms with Crippen molar-refractivity contribution in [2.24, 2.45) is 11.7 Å². The molecule has 88 valence electrons. The van der Waals surface area contributed by atoms with Gasteiger partial charge in [0.1, 0.15) is 5.60 Å². The van der Waals surface area contributed by atoms with Gasteiger partial charge in [-0.25, -0.2) is 4.79 Å². The Hall–Kier alpha value is -0.420. The van der Waals surface area contributed by atoms with Gasteiger partial charge in [0.25, 0.3) is 0 Å². The van der Waals surface area contributed by atoms with Crippen LogP contribution in [-0.2, 0) is 4.74 Å². The molecule has 0 spiro atoms. The second-order valence-corrected chi connectivity index (χ2v) is 5.36. The van der Waals surface area contributed by atoms with E-state index < -0.39 is 5.60 Å². The zero-order chi connectivity index (χ0) is 11.6. The fourth-order valence-corrected chi connectivity index (χ4v) is 1.95. The summed E-state index contributed by atoms with van der Waals surface area (Å²) in [5, 5.41) is 0. The average Bonchev–Trinajstić information content (AvgIpc) is 2.43. The highest BCUT2D eigenvalue weighted by molar-refractivity contribution is 7.80. The van der Waals surface area contributed by atoms with Crippen LogP contribution in [0.15, 0.2) is 0 Å². The molecule has 1 saturated heterocycles. The molecule has 0 radical (unpaired) electrons. The topological polar surface area (TPSA) is 55.6 Å². The van der Waals surface area contributed by atoms with Crippen LogP contribution < -0.4 is 5.73 Å². The fourth-order valence-electron chi connectivity index (χ4n) is 1.57. The van der Waals surface area contributed by atoms with Gasteiger partial charge in [0.05, 0.1) is 0 Å². The van der Waals surface area contributed by atoms with Crippen LogP contribution in [0.5, 0.6) is 0 Å². The molecule has 1 fully saturated rings. The highest BCUT2D eigenvalue weighted by Crippen LogP contribution is 2.19. The van der Waals surface area contributed by atoms with E-state index in [0.717, 1.165) is 0 Å². The Kier molecular flexibility index (Phi) is 3.89. The summed E-state index contributed by atoms with van der Waals surface area (Å²) >= 11 is 4.21. The van der Waals surface area contributed by atoms with Gasteiger partial charge in [0, 0.05) is 25.0 Å². The standard InChI is InChI=1S/C10H20N2O2S/c1-10(2,3)14-9(13)12-4-7(6-15)8(11)5-12/h7-8,15H,4-6,11H2,1-3H3. The minimum Gasteiger partial charge on any atom is -0.444 e. The summed E-state index contributed by atoms with van der Waals surface area (Å²) in [4.78, 5) is 13.4. The molecule has 5 heteroatoms. The number of rotatable bonds is 1. The summed E-state index contributed by atoms with van der Waals surface area (Å²) in [6, 6.07) is 0.0232. The summed E-state index contributed by atoms with van der Waals surface area (Å²) in [5.41, 5.74) is 5.44. The van der Waals surface area contributed by atoms with E-state index in [0.29, 0.717) is 18.8 Å². The van der Waals surface area contributed by atoms with Crippen molar-refractivity contribution in [1.82, 2.24) is 4.90 Å². The first kappa shape index (κ1) is 12.6. The van der Waals surface area contributed by atoms with Crippen molar-refractivity contribution in [2.45, 2.75) is 32.4 Å². The minimum absolute atomic E-state index is 0.0232. The van der Waals surface area contributed by atoms with Gasteiger partial charge in [-0.2, -0.15) is 12.6 Å². The van der Waals surface area contributed by atoms with Crippen molar-refractivity contribution >= 4 is 18.7 Å². The van der Waals surface area contributed by atoms with Gasteiger partial charge in [0.15, 0.2) is 0 Å². The number of carbonyl (C=O) groups excluding carboxylic acids is 1. The number of carbonyl (C=O) groups is 1. The van der Waals surface area contributed by atoms with Crippen molar-refractivity contribution in [3.05, 3.63) is 0 Å². The van der Waals surface area contributed by atoms with E-state index in [2.05, 4.69) is 12.6 Å². The van der Waals surface area contributed by atoms with E-state index in [4.69, 9.17) is 10.5 Å². The van der Waals surface area contributed by atoms with Crippen LogP contribution in [0.3, 0.4) is 0 Å². The summed E-state index contributed by atoms with van der Waals surface area (Å²) in [7, 11) is 0. The maximum Gasteiger partial charge on any atom is 0.410 e. The SMILES string of the molecule is CC(C)(C)OC(=O)N1CC(N)C(CS)C1. The number of nitrogens with two attached hydrogens (primary N) is 1. The van der Waals surface area contributed by atoms with E-state index >= 15 is 0 Å². The van der Waals surface area contributed by atoms with Gasteiger partial charge in [0.2, 0.25) is 0 Å². The van der Waals surface area contributed by atoms with Gasteiger partial charge in [-0.1, -0.05) is 0 Å². The van der Waals surface area contributed by atoms with Crippen molar-refractivity contribution in [1.29, 1.82) is 0 Å². The predicted molar refractivity (Wildman–Crippen MR) is 63.1 cm³/mol. The van der Waals surface area contributed by atoms with Crippen molar-refractivity contribution < 1.29 is 9.53 Å². The van der Waals surface area contributed by atoms with E-state index in [-0.39, 0.29) is 18.1 Å². The number of likely N-dealkylation sites (tertiary alicyclic amines) is 1. The fraction of sp³-hybridized carbons (Fsp3) is 0.900. The number of nitrogens with zero attached hydrogens (tertiary/aromatic N) is 1. The van der Waals surface area contributed by atoms with Gasteiger partial charge in [-0.15, -0.1) is 0 Å². The number of hydrogen-bond donors (Lipinski definition) is 2. The molecule has 0 aromatic carbocycles. The third-order valence-electron chi connectivity index (χ3n) is 2.38. The van der Waals surface area contributed by atoms with Crippen LogP contribution in [0.2, 0.25) is 0 Å². The van der Waals surface area contributed by atoms with E-state index in [1.165, 1.54) is 0 Å². The van der Waals surface area contributed by atoms with Crippen molar-refractivity contribution in [2.75, 3.05) is 18.8 Å². The summed E-state index contributed by atoms with van der Waals surface area (Å²) in [5.74, 6) is 0.987. The second-order valence-electron chi connectivity index (χ2n) is 4.99. The monoisotopic (exact) mass is 232 g/mol. The smallest absolute Gasteiger partial charge is 0.410 e. The third-order valence-corrected chi connectivity index (χ3v) is 2.85. The molecular formula is C10H20N2O2S. The lowest BCUT2D eigenvalue weighted by Gasteiger charge is -2.24. The maximum absolute atomic E-state index is 11.7. The summed E-state index contributed by atoms with van der Waals surface area (Å²) in [6.45, 7) is 6.80. The van der Waals surface area contributed by atoms with Crippen LogP contribution in [0, 0.1) is 5.92 Å². The molecule has 0 saturated carbocycles. The Balaban J connectivity index is 2.50. The molecule has 4 nitrogen and oxygen atoms in total. The van der Waals surface area contributed by atoms with Crippen LogP contribution in [0.4, 0.5) is 4.79 Å². The Morgan fingerprint density at radius 1 is 1.53 bits per heavy atom. The number of hydrogen-bond acceptors (Lipinski definition) is 4. The molecule has 1 rings (SSSR count). The molecule has 1 aliphatic rings. The summed E-state index contributed by atoms with van der Waals surface area (Å²) in [6.07, 6.45) is -0.276. The molecule has 0 aliphatic carbocycles. The molecule has 1 aliphatic heterocycles. The first-order valence-corrected chi connectivity index (χ1v) is 5.81. The molecule has 1 heterocycles. The quantitative estimate of drug-likeness (QED) is 0.666. The highest BCUT2D eigenvalue weighted by Gasteiger charge is 2.34. The predicted octanol–water partition coefficient (Wildman–Crippen LogP) is 1.11. The first-order valence-electron chi connectivity index (χ1n) is 5.18. The molecule has 2 unspecified atom stereocenters. The molecule has 2 atom stereocenters. The van der Waals surface area contributed by atoms with E-state index in [9.17, 15) is 4.79 Å². The maximum atomic E-state index is 11.7. The lowest BCUT2D eigenvalue weighted by atomic mass is 10.1. The number of amides is 1. The Labute approximate surface area is 96.5 Å². The lowest BCUT2D eigenvalue weighted by Crippen LogP contribution is -2.36. The molecule has 15 heavy (non-hydrogen) atoms. The first-order chi connectivity index (χ1) is 6.83. The van der Waals surface area contributed by atoms with Gasteiger partial charge in [-0.05, 0) is 26.5 Å². The Morgan fingerprint density at radius 2 is 2.13 bits per heavy atom. The van der Waals surface area contributed by atoms with E-state index in [1.807, 2.05) is 20.8 Å². The average molecular weight is 232 g/mol. The molecule has 0 aromatic heterocycles.